The van der Waals surface area contributed by atoms with Crippen molar-refractivity contribution < 1.29 is 4.79 Å². The van der Waals surface area contributed by atoms with Crippen molar-refractivity contribution >= 4 is 11.7 Å². The van der Waals surface area contributed by atoms with Gasteiger partial charge in [-0.15, -0.1) is 0 Å². The third-order valence-corrected chi connectivity index (χ3v) is 4.62. The number of aromatic nitrogens is 1. The van der Waals surface area contributed by atoms with Gasteiger partial charge in [0.25, 0.3) is 0 Å². The van der Waals surface area contributed by atoms with Gasteiger partial charge in [-0.3, -0.25) is 9.69 Å². The summed E-state index contributed by atoms with van der Waals surface area (Å²) in [5, 5.41) is 24.2. The highest BCUT2D eigenvalue weighted by atomic mass is 16.2. The molecule has 1 aliphatic carbocycles. The number of pyridine rings is 1. The first kappa shape index (κ1) is 16.2. The largest absolute Gasteiger partial charge is 0.368 e. The molecule has 0 aromatic carbocycles. The van der Waals surface area contributed by atoms with Gasteiger partial charge in [-0.1, -0.05) is 0 Å². The highest BCUT2D eigenvalue weighted by Crippen LogP contribution is 2.35. The number of hydrogen-bond donors (Lipinski definition) is 2. The number of likely N-dealkylation sites (tertiary alicyclic amines) is 1. The van der Waals surface area contributed by atoms with E-state index in [0.29, 0.717) is 17.9 Å². The summed E-state index contributed by atoms with van der Waals surface area (Å²) < 4.78 is 0. The maximum Gasteiger partial charge on any atom is 0.234 e. The number of hydrogen-bond acceptors (Lipinski definition) is 6. The summed E-state index contributed by atoms with van der Waals surface area (Å²) in [5.74, 6) is 0.669. The minimum absolute atomic E-state index is 0.0239. The molecule has 124 valence electrons. The first-order valence-electron chi connectivity index (χ1n) is 8.19. The summed E-state index contributed by atoms with van der Waals surface area (Å²) in [7, 11) is 0. The summed E-state index contributed by atoms with van der Waals surface area (Å²) >= 11 is 0. The van der Waals surface area contributed by atoms with Crippen molar-refractivity contribution in [1.29, 1.82) is 10.5 Å². The van der Waals surface area contributed by atoms with Crippen LogP contribution in [0.5, 0.6) is 0 Å². The fraction of sp³-hybridized carbons (Fsp3) is 0.529. The average Bonchev–Trinajstić information content (AvgIpc) is 3.21. The van der Waals surface area contributed by atoms with E-state index in [1.165, 1.54) is 6.20 Å². The maximum atomic E-state index is 12.3. The second kappa shape index (κ2) is 6.86. The molecule has 2 aliphatic rings. The van der Waals surface area contributed by atoms with Crippen molar-refractivity contribution in [2.75, 3.05) is 25.0 Å². The topological polar surface area (TPSA) is 105 Å². The van der Waals surface area contributed by atoms with Gasteiger partial charge < -0.3 is 10.6 Å². The van der Waals surface area contributed by atoms with Gasteiger partial charge in [-0.2, -0.15) is 10.5 Å². The SMILES string of the molecule is N#Cc1ccc(NCC2(NC(=O)CN3CCCC3C#N)CC2)nc1. The van der Waals surface area contributed by atoms with Crippen LogP contribution in [0.4, 0.5) is 5.82 Å². The van der Waals surface area contributed by atoms with Gasteiger partial charge in [0.2, 0.25) is 5.91 Å². The Morgan fingerprint density at radius 2 is 2.25 bits per heavy atom. The van der Waals surface area contributed by atoms with Crippen LogP contribution in [0.25, 0.3) is 0 Å². The number of carbonyl (C=O) groups excluding carboxylic acids is 1. The Morgan fingerprint density at radius 3 is 2.88 bits per heavy atom. The number of anilines is 1. The minimum Gasteiger partial charge on any atom is -0.368 e. The number of rotatable bonds is 6. The molecule has 0 bridgehead atoms. The lowest BCUT2D eigenvalue weighted by atomic mass is 10.2. The molecule has 24 heavy (non-hydrogen) atoms. The van der Waals surface area contributed by atoms with Crippen LogP contribution in [-0.4, -0.2) is 47.0 Å². The van der Waals surface area contributed by atoms with Crippen LogP contribution in [0.3, 0.4) is 0 Å². The van der Waals surface area contributed by atoms with Gasteiger partial charge in [0.15, 0.2) is 0 Å². The van der Waals surface area contributed by atoms with Crippen molar-refractivity contribution in [1.82, 2.24) is 15.2 Å². The van der Waals surface area contributed by atoms with E-state index in [9.17, 15) is 4.79 Å². The molecule has 2 N–H and O–H groups in total. The van der Waals surface area contributed by atoms with E-state index >= 15 is 0 Å². The Labute approximate surface area is 141 Å². The fourth-order valence-electron chi connectivity index (χ4n) is 3.00. The normalized spacial score (nSPS) is 21.5. The van der Waals surface area contributed by atoms with E-state index in [2.05, 4.69) is 21.7 Å². The van der Waals surface area contributed by atoms with Crippen molar-refractivity contribution in [3.8, 4) is 12.1 Å². The molecule has 2 heterocycles. The lowest BCUT2D eigenvalue weighted by molar-refractivity contribution is -0.123. The average molecular weight is 324 g/mol. The first-order chi connectivity index (χ1) is 11.6. The van der Waals surface area contributed by atoms with Crippen LogP contribution in [0.2, 0.25) is 0 Å². The summed E-state index contributed by atoms with van der Waals surface area (Å²) in [6.07, 6.45) is 5.21. The second-order valence-corrected chi connectivity index (χ2v) is 6.48. The highest BCUT2D eigenvalue weighted by molar-refractivity contribution is 5.79. The Bertz CT molecular complexity index is 683. The van der Waals surface area contributed by atoms with Gasteiger partial charge >= 0.3 is 0 Å². The number of nitrogens with one attached hydrogen (secondary N) is 2. The van der Waals surface area contributed by atoms with Gasteiger partial charge in [-0.25, -0.2) is 4.98 Å². The van der Waals surface area contributed by atoms with E-state index in [4.69, 9.17) is 10.5 Å². The molecule has 0 radical (unpaired) electrons. The van der Waals surface area contributed by atoms with Crippen LogP contribution >= 0.6 is 0 Å². The molecule has 3 rings (SSSR count). The fourth-order valence-corrected chi connectivity index (χ4v) is 3.00. The van der Waals surface area contributed by atoms with Crippen LogP contribution in [0, 0.1) is 22.7 Å². The zero-order chi connectivity index (χ0) is 17.0. The standard InChI is InChI=1S/C17H20N6O/c18-8-13-3-4-15(20-10-13)21-12-17(5-6-17)22-16(24)11-23-7-1-2-14(23)9-19/h3-4,10,14H,1-2,5-7,11-12H2,(H,20,21)(H,22,24). The third-order valence-electron chi connectivity index (χ3n) is 4.62. The lowest BCUT2D eigenvalue weighted by Gasteiger charge is -2.22. The van der Waals surface area contributed by atoms with Crippen molar-refractivity contribution in [2.45, 2.75) is 37.3 Å². The van der Waals surface area contributed by atoms with Gasteiger partial charge in [0.1, 0.15) is 11.9 Å². The zero-order valence-corrected chi connectivity index (χ0v) is 13.5. The van der Waals surface area contributed by atoms with Gasteiger partial charge in [-0.05, 0) is 37.8 Å². The highest BCUT2D eigenvalue weighted by Gasteiger charge is 2.44. The third kappa shape index (κ3) is 3.81. The van der Waals surface area contributed by atoms with Gasteiger partial charge in [0, 0.05) is 19.3 Å². The summed E-state index contributed by atoms with van der Waals surface area (Å²) in [5.41, 5.74) is 0.307. The molecule has 1 aromatic heterocycles. The molecule has 1 aromatic rings. The van der Waals surface area contributed by atoms with Crippen molar-refractivity contribution in [3.63, 3.8) is 0 Å². The Balaban J connectivity index is 1.48. The van der Waals surface area contributed by atoms with E-state index in [1.807, 2.05) is 11.0 Å². The lowest BCUT2D eigenvalue weighted by Crippen LogP contribution is -2.47. The molecule has 0 spiro atoms. The van der Waals surface area contributed by atoms with Gasteiger partial charge in [0.05, 0.1) is 29.8 Å². The first-order valence-corrected chi connectivity index (χ1v) is 8.19. The smallest absolute Gasteiger partial charge is 0.234 e. The van der Waals surface area contributed by atoms with Crippen molar-refractivity contribution in [2.24, 2.45) is 0 Å². The zero-order valence-electron chi connectivity index (χ0n) is 13.5. The van der Waals surface area contributed by atoms with E-state index in [-0.39, 0.29) is 24.0 Å². The van der Waals surface area contributed by atoms with Crippen LogP contribution < -0.4 is 10.6 Å². The summed E-state index contributed by atoms with van der Waals surface area (Å²) in [4.78, 5) is 18.4. The molecule has 7 nitrogen and oxygen atoms in total. The summed E-state index contributed by atoms with van der Waals surface area (Å²) in [6.45, 7) is 1.71. The molecular formula is C17H20N6O. The predicted molar refractivity (Wildman–Crippen MR) is 87.8 cm³/mol. The minimum atomic E-state index is -0.214. The monoisotopic (exact) mass is 324 g/mol. The molecule has 1 saturated heterocycles. The molecule has 1 aliphatic heterocycles. The van der Waals surface area contributed by atoms with E-state index in [1.54, 1.807) is 12.1 Å². The summed E-state index contributed by atoms with van der Waals surface area (Å²) in [6, 6.07) is 7.63. The molecule has 2 fully saturated rings. The number of nitrogens with zero attached hydrogens (tertiary/aromatic N) is 4. The Morgan fingerprint density at radius 1 is 1.42 bits per heavy atom. The number of carbonyl (C=O) groups is 1. The molecule has 1 unspecified atom stereocenters. The van der Waals surface area contributed by atoms with E-state index < -0.39 is 0 Å². The Hall–Kier alpha value is -2.64. The van der Waals surface area contributed by atoms with E-state index in [0.717, 1.165) is 32.2 Å². The molecular weight excluding hydrogens is 304 g/mol. The quantitative estimate of drug-likeness (QED) is 0.809. The predicted octanol–water partition coefficient (Wildman–Crippen LogP) is 1.00. The second-order valence-electron chi connectivity index (χ2n) is 6.48. The van der Waals surface area contributed by atoms with Crippen LogP contribution in [-0.2, 0) is 4.79 Å². The van der Waals surface area contributed by atoms with Crippen LogP contribution in [0.1, 0.15) is 31.2 Å². The van der Waals surface area contributed by atoms with Crippen LogP contribution in [0.15, 0.2) is 18.3 Å². The number of amides is 1. The maximum absolute atomic E-state index is 12.3. The molecule has 7 heteroatoms. The Kier molecular flexibility index (Phi) is 4.64. The molecule has 1 saturated carbocycles. The van der Waals surface area contributed by atoms with Crippen molar-refractivity contribution in [3.05, 3.63) is 23.9 Å². The number of nitriles is 2. The molecule has 1 atom stereocenters. The molecule has 1 amide bonds.